The van der Waals surface area contributed by atoms with Crippen LogP contribution in [0.3, 0.4) is 0 Å². The number of nitrogens with one attached hydrogen (secondary N) is 2. The van der Waals surface area contributed by atoms with Gasteiger partial charge in [-0.1, -0.05) is 31.0 Å². The van der Waals surface area contributed by atoms with E-state index < -0.39 is 0 Å². The maximum Gasteiger partial charge on any atom is 0.232 e. The molecule has 0 atom stereocenters. The van der Waals surface area contributed by atoms with Gasteiger partial charge in [-0.15, -0.1) is 11.8 Å². The first kappa shape index (κ1) is 19.0. The van der Waals surface area contributed by atoms with Crippen molar-refractivity contribution in [3.8, 4) is 0 Å². The summed E-state index contributed by atoms with van der Waals surface area (Å²) in [7, 11) is 0. The van der Waals surface area contributed by atoms with Gasteiger partial charge in [0.05, 0.1) is 11.5 Å². The molecule has 0 bridgehead atoms. The summed E-state index contributed by atoms with van der Waals surface area (Å²) in [6.45, 7) is 4.84. The number of nitrogens with two attached hydrogens (primary N) is 1. The fraction of sp³-hybridized carbons (Fsp3) is 0.412. The van der Waals surface area contributed by atoms with E-state index in [9.17, 15) is 4.79 Å². The maximum atomic E-state index is 11.7. The van der Waals surface area contributed by atoms with Crippen LogP contribution < -0.4 is 16.4 Å². The van der Waals surface area contributed by atoms with Gasteiger partial charge in [0.25, 0.3) is 0 Å². The van der Waals surface area contributed by atoms with E-state index in [0.717, 1.165) is 25.1 Å². The standard InChI is InChI=1S/C17H24N6OS/c1-3-4-9-19-15(24)11-25-10-14-21-16(18)23-17(22-14)20-13-7-5-12(2)6-8-13/h5-8H,3-4,9-11H2,1-2H3,(H,19,24)(H3,18,20,21,22,23). The number of benzene rings is 1. The highest BCUT2D eigenvalue weighted by atomic mass is 32.2. The van der Waals surface area contributed by atoms with Crippen molar-refractivity contribution >= 4 is 35.3 Å². The molecular formula is C17H24N6OS. The van der Waals surface area contributed by atoms with Crippen LogP contribution in [-0.2, 0) is 10.5 Å². The van der Waals surface area contributed by atoms with Crippen LogP contribution in [-0.4, -0.2) is 33.2 Å². The van der Waals surface area contributed by atoms with Crippen molar-refractivity contribution in [2.45, 2.75) is 32.4 Å². The zero-order chi connectivity index (χ0) is 18.1. The average molecular weight is 360 g/mol. The zero-order valence-electron chi connectivity index (χ0n) is 14.6. The molecule has 0 aliphatic rings. The number of amides is 1. The predicted octanol–water partition coefficient (Wildman–Crippen LogP) is 2.66. The minimum absolute atomic E-state index is 0.0264. The van der Waals surface area contributed by atoms with Gasteiger partial charge in [-0.05, 0) is 25.5 Å². The summed E-state index contributed by atoms with van der Waals surface area (Å²) in [5, 5.41) is 5.99. The molecule has 7 nitrogen and oxygen atoms in total. The molecule has 0 unspecified atom stereocenters. The third-order valence-corrected chi connectivity index (χ3v) is 4.25. The van der Waals surface area contributed by atoms with Crippen molar-refractivity contribution in [2.75, 3.05) is 23.3 Å². The molecule has 0 aliphatic carbocycles. The number of nitrogen functional groups attached to an aromatic ring is 1. The molecule has 0 radical (unpaired) electrons. The van der Waals surface area contributed by atoms with Crippen molar-refractivity contribution in [3.63, 3.8) is 0 Å². The lowest BCUT2D eigenvalue weighted by atomic mass is 10.2. The molecule has 4 N–H and O–H groups in total. The molecule has 1 amide bonds. The van der Waals surface area contributed by atoms with Gasteiger partial charge in [0, 0.05) is 12.2 Å². The summed E-state index contributed by atoms with van der Waals surface area (Å²) in [6.07, 6.45) is 2.06. The monoisotopic (exact) mass is 360 g/mol. The number of aryl methyl sites for hydroxylation is 1. The first-order chi connectivity index (χ1) is 12.1. The maximum absolute atomic E-state index is 11.7. The number of rotatable bonds is 9. The summed E-state index contributed by atoms with van der Waals surface area (Å²) in [5.41, 5.74) is 7.81. The van der Waals surface area contributed by atoms with Crippen LogP contribution >= 0.6 is 11.8 Å². The molecule has 1 aromatic heterocycles. The number of carbonyl (C=O) groups is 1. The van der Waals surface area contributed by atoms with E-state index in [-0.39, 0.29) is 11.9 Å². The molecule has 8 heteroatoms. The number of hydrogen-bond donors (Lipinski definition) is 3. The molecule has 1 aromatic carbocycles. The van der Waals surface area contributed by atoms with Crippen molar-refractivity contribution in [1.82, 2.24) is 20.3 Å². The summed E-state index contributed by atoms with van der Waals surface area (Å²) >= 11 is 1.45. The molecule has 2 aromatic rings. The van der Waals surface area contributed by atoms with Crippen LogP contribution in [0.5, 0.6) is 0 Å². The Kier molecular flexibility index (Phi) is 7.46. The molecule has 0 aliphatic heterocycles. The third kappa shape index (κ3) is 6.96. The Morgan fingerprint density at radius 1 is 1.20 bits per heavy atom. The lowest BCUT2D eigenvalue weighted by molar-refractivity contribution is -0.118. The minimum Gasteiger partial charge on any atom is -0.368 e. The highest BCUT2D eigenvalue weighted by molar-refractivity contribution is 7.99. The molecule has 0 saturated heterocycles. The molecule has 1 heterocycles. The lowest BCUT2D eigenvalue weighted by Gasteiger charge is -2.08. The van der Waals surface area contributed by atoms with Crippen LogP contribution in [0.15, 0.2) is 24.3 Å². The highest BCUT2D eigenvalue weighted by Crippen LogP contribution is 2.16. The van der Waals surface area contributed by atoms with Crippen molar-refractivity contribution in [3.05, 3.63) is 35.7 Å². The fourth-order valence-corrected chi connectivity index (χ4v) is 2.72. The normalized spacial score (nSPS) is 10.5. The van der Waals surface area contributed by atoms with Gasteiger partial charge in [0.2, 0.25) is 17.8 Å². The molecule has 0 saturated carbocycles. The number of nitrogens with zero attached hydrogens (tertiary/aromatic N) is 3. The topological polar surface area (TPSA) is 106 Å². The largest absolute Gasteiger partial charge is 0.368 e. The van der Waals surface area contributed by atoms with Gasteiger partial charge in [0.15, 0.2) is 0 Å². The second kappa shape index (κ2) is 9.83. The SMILES string of the molecule is CCCCNC(=O)CSCc1nc(N)nc(Nc2ccc(C)cc2)n1. The lowest BCUT2D eigenvalue weighted by Crippen LogP contribution is -2.26. The first-order valence-electron chi connectivity index (χ1n) is 8.25. The van der Waals surface area contributed by atoms with E-state index in [2.05, 4.69) is 32.5 Å². The molecule has 0 fully saturated rings. The highest BCUT2D eigenvalue weighted by Gasteiger charge is 2.07. The van der Waals surface area contributed by atoms with Crippen molar-refractivity contribution in [1.29, 1.82) is 0 Å². The quantitative estimate of drug-likeness (QED) is 0.590. The summed E-state index contributed by atoms with van der Waals surface area (Å²) in [5.74, 6) is 2.01. The van der Waals surface area contributed by atoms with E-state index in [1.807, 2.05) is 31.2 Å². The number of carbonyl (C=O) groups excluding carboxylic acids is 1. The van der Waals surface area contributed by atoms with Gasteiger partial charge in [-0.2, -0.15) is 15.0 Å². The minimum atomic E-state index is 0.0264. The molecule has 25 heavy (non-hydrogen) atoms. The Morgan fingerprint density at radius 2 is 1.96 bits per heavy atom. The Bertz CT molecular complexity index is 692. The Labute approximate surface area is 152 Å². The van der Waals surface area contributed by atoms with E-state index in [0.29, 0.717) is 23.3 Å². The van der Waals surface area contributed by atoms with E-state index in [1.165, 1.54) is 17.3 Å². The summed E-state index contributed by atoms with van der Waals surface area (Å²) in [4.78, 5) is 24.3. The number of unbranched alkanes of at least 4 members (excludes halogenated alkanes) is 1. The molecular weight excluding hydrogens is 336 g/mol. The smallest absolute Gasteiger partial charge is 0.232 e. The van der Waals surface area contributed by atoms with Crippen LogP contribution in [0.4, 0.5) is 17.6 Å². The number of anilines is 3. The summed E-state index contributed by atoms with van der Waals surface area (Å²) < 4.78 is 0. The van der Waals surface area contributed by atoms with E-state index in [4.69, 9.17) is 5.73 Å². The van der Waals surface area contributed by atoms with Gasteiger partial charge >= 0.3 is 0 Å². The third-order valence-electron chi connectivity index (χ3n) is 3.32. The van der Waals surface area contributed by atoms with Crippen LogP contribution in [0.1, 0.15) is 31.2 Å². The average Bonchev–Trinajstić information content (AvgIpc) is 2.57. The van der Waals surface area contributed by atoms with Crippen molar-refractivity contribution < 1.29 is 4.79 Å². The van der Waals surface area contributed by atoms with Gasteiger partial charge < -0.3 is 16.4 Å². The Balaban J connectivity index is 1.88. The molecule has 0 spiro atoms. The van der Waals surface area contributed by atoms with E-state index in [1.54, 1.807) is 0 Å². The number of hydrogen-bond acceptors (Lipinski definition) is 7. The number of thioether (sulfide) groups is 1. The second-order valence-electron chi connectivity index (χ2n) is 5.62. The van der Waals surface area contributed by atoms with Gasteiger partial charge in [-0.3, -0.25) is 4.79 Å². The van der Waals surface area contributed by atoms with E-state index >= 15 is 0 Å². The van der Waals surface area contributed by atoms with Crippen LogP contribution in [0, 0.1) is 6.92 Å². The molecule has 2 rings (SSSR count). The Hall–Kier alpha value is -2.35. The molecule has 134 valence electrons. The van der Waals surface area contributed by atoms with Crippen LogP contribution in [0.2, 0.25) is 0 Å². The fourth-order valence-electron chi connectivity index (χ4n) is 2.02. The van der Waals surface area contributed by atoms with Crippen molar-refractivity contribution in [2.24, 2.45) is 0 Å². The zero-order valence-corrected chi connectivity index (χ0v) is 15.4. The summed E-state index contributed by atoms with van der Waals surface area (Å²) in [6, 6.07) is 7.90. The predicted molar refractivity (Wildman–Crippen MR) is 103 cm³/mol. The second-order valence-corrected chi connectivity index (χ2v) is 6.61. The number of aromatic nitrogens is 3. The van der Waals surface area contributed by atoms with Crippen LogP contribution in [0.25, 0.3) is 0 Å². The van der Waals surface area contributed by atoms with Gasteiger partial charge in [0.1, 0.15) is 5.82 Å². The Morgan fingerprint density at radius 3 is 2.68 bits per heavy atom. The van der Waals surface area contributed by atoms with Gasteiger partial charge in [-0.25, -0.2) is 0 Å². The first-order valence-corrected chi connectivity index (χ1v) is 9.41.